The molecule has 7 nitrogen and oxygen atoms in total. The van der Waals surface area contributed by atoms with Gasteiger partial charge in [-0.1, -0.05) is 30.3 Å². The van der Waals surface area contributed by atoms with Gasteiger partial charge in [0.05, 0.1) is 12.2 Å². The van der Waals surface area contributed by atoms with Gasteiger partial charge in [-0.2, -0.15) is 14.9 Å². The fourth-order valence-electron chi connectivity index (χ4n) is 2.93. The number of nitrogens with zero attached hydrogens (tertiary/aromatic N) is 5. The highest BCUT2D eigenvalue weighted by molar-refractivity contribution is 6.00. The molecule has 1 saturated carbocycles. The van der Waals surface area contributed by atoms with E-state index in [2.05, 4.69) is 15.4 Å². The smallest absolute Gasteiger partial charge is 0.257 e. The molecule has 0 aliphatic heterocycles. The van der Waals surface area contributed by atoms with Gasteiger partial charge in [0.2, 0.25) is 0 Å². The number of alkyl halides is 1. The molecule has 3 aromatic rings. The summed E-state index contributed by atoms with van der Waals surface area (Å²) in [6.07, 6.45) is 0.729. The first kappa shape index (κ1) is 17.0. The van der Waals surface area contributed by atoms with E-state index in [9.17, 15) is 14.4 Å². The molecule has 1 aliphatic rings. The van der Waals surface area contributed by atoms with Gasteiger partial charge in [-0.25, -0.2) is 9.37 Å². The summed E-state index contributed by atoms with van der Waals surface area (Å²) >= 11 is 0. The number of fused-ring (bicyclic) bond motifs is 1. The first-order chi connectivity index (χ1) is 13.1. The minimum absolute atomic E-state index is 0.182. The molecule has 1 fully saturated rings. The maximum absolute atomic E-state index is 13.1. The number of halogens is 1. The van der Waals surface area contributed by atoms with Crippen LogP contribution in [0.5, 0.6) is 0 Å². The summed E-state index contributed by atoms with van der Waals surface area (Å²) in [6.45, 7) is 0.595. The van der Waals surface area contributed by atoms with Gasteiger partial charge in [-0.05, 0) is 5.56 Å². The van der Waals surface area contributed by atoms with E-state index in [1.165, 1.54) is 10.7 Å². The SMILES string of the molecule is CN(Cc1ccccc1)c1cc(C#N)nc2c(C(=O)N[C@@H]3C[C@@H]3F)cnn12. The molecule has 1 amide bonds. The lowest BCUT2D eigenvalue weighted by Crippen LogP contribution is -2.27. The molecule has 2 aromatic heterocycles. The highest BCUT2D eigenvalue weighted by Gasteiger charge is 2.39. The van der Waals surface area contributed by atoms with Crippen molar-refractivity contribution in [3.8, 4) is 6.07 Å². The van der Waals surface area contributed by atoms with Gasteiger partial charge in [-0.3, -0.25) is 4.79 Å². The van der Waals surface area contributed by atoms with Crippen molar-refractivity contribution in [1.29, 1.82) is 5.26 Å². The number of aromatic nitrogens is 3. The van der Waals surface area contributed by atoms with E-state index < -0.39 is 18.1 Å². The molecule has 0 spiro atoms. The Morgan fingerprint density at radius 2 is 2.19 bits per heavy atom. The number of carbonyl (C=O) groups is 1. The molecule has 1 N–H and O–H groups in total. The normalized spacial score (nSPS) is 18.1. The van der Waals surface area contributed by atoms with Crippen molar-refractivity contribution in [1.82, 2.24) is 19.9 Å². The second kappa shape index (κ2) is 6.68. The van der Waals surface area contributed by atoms with Crippen LogP contribution in [0.15, 0.2) is 42.6 Å². The maximum atomic E-state index is 13.1. The maximum Gasteiger partial charge on any atom is 0.257 e. The zero-order valence-corrected chi connectivity index (χ0v) is 14.6. The third-order valence-electron chi connectivity index (χ3n) is 4.49. The van der Waals surface area contributed by atoms with E-state index >= 15 is 0 Å². The van der Waals surface area contributed by atoms with Gasteiger partial charge in [-0.15, -0.1) is 0 Å². The van der Waals surface area contributed by atoms with Crippen LogP contribution in [0, 0.1) is 11.3 Å². The Hall–Kier alpha value is -3.47. The number of hydrogen-bond donors (Lipinski definition) is 1. The Morgan fingerprint density at radius 3 is 2.85 bits per heavy atom. The van der Waals surface area contributed by atoms with Crippen molar-refractivity contribution >= 4 is 17.4 Å². The lowest BCUT2D eigenvalue weighted by atomic mass is 10.2. The van der Waals surface area contributed by atoms with Gasteiger partial charge < -0.3 is 10.2 Å². The molecule has 1 aliphatic carbocycles. The number of benzene rings is 1. The van der Waals surface area contributed by atoms with Crippen molar-refractivity contribution in [2.75, 3.05) is 11.9 Å². The number of carbonyl (C=O) groups excluding carboxylic acids is 1. The van der Waals surface area contributed by atoms with E-state index in [0.29, 0.717) is 18.8 Å². The van der Waals surface area contributed by atoms with Crippen LogP contribution in [-0.2, 0) is 6.54 Å². The van der Waals surface area contributed by atoms with Crippen molar-refractivity contribution in [2.24, 2.45) is 0 Å². The minimum Gasteiger partial charge on any atom is -0.355 e. The summed E-state index contributed by atoms with van der Waals surface area (Å²) in [6, 6.07) is 13.1. The molecule has 0 unspecified atom stereocenters. The Labute approximate surface area is 155 Å². The number of rotatable bonds is 5. The van der Waals surface area contributed by atoms with Crippen molar-refractivity contribution in [3.63, 3.8) is 0 Å². The predicted molar refractivity (Wildman–Crippen MR) is 97.0 cm³/mol. The highest BCUT2D eigenvalue weighted by Crippen LogP contribution is 2.26. The van der Waals surface area contributed by atoms with Crippen molar-refractivity contribution < 1.29 is 9.18 Å². The van der Waals surface area contributed by atoms with Crippen LogP contribution >= 0.6 is 0 Å². The predicted octanol–water partition coefficient (Wildman–Crippen LogP) is 2.08. The molecule has 136 valence electrons. The Kier molecular flexibility index (Phi) is 4.20. The molecule has 2 heterocycles. The van der Waals surface area contributed by atoms with Crippen LogP contribution in [0.4, 0.5) is 10.2 Å². The van der Waals surface area contributed by atoms with E-state index in [-0.39, 0.29) is 16.9 Å². The topological polar surface area (TPSA) is 86.3 Å². The molecule has 27 heavy (non-hydrogen) atoms. The fraction of sp³-hybridized carbons (Fsp3) is 0.263. The molecule has 0 radical (unpaired) electrons. The average Bonchev–Trinajstić information content (AvgIpc) is 3.19. The van der Waals surface area contributed by atoms with Gasteiger partial charge in [0.25, 0.3) is 5.91 Å². The first-order valence-electron chi connectivity index (χ1n) is 8.55. The lowest BCUT2D eigenvalue weighted by molar-refractivity contribution is 0.0949. The lowest BCUT2D eigenvalue weighted by Gasteiger charge is -2.20. The molecule has 1 aromatic carbocycles. The van der Waals surface area contributed by atoms with E-state index in [1.807, 2.05) is 48.3 Å². The largest absolute Gasteiger partial charge is 0.355 e. The van der Waals surface area contributed by atoms with Crippen LogP contribution in [0.2, 0.25) is 0 Å². The van der Waals surface area contributed by atoms with Crippen molar-refractivity contribution in [2.45, 2.75) is 25.2 Å². The Morgan fingerprint density at radius 1 is 1.44 bits per heavy atom. The molecule has 0 saturated heterocycles. The van der Waals surface area contributed by atoms with Gasteiger partial charge >= 0.3 is 0 Å². The third-order valence-corrected chi connectivity index (χ3v) is 4.49. The Balaban J connectivity index is 1.70. The van der Waals surface area contributed by atoms with Gasteiger partial charge in [0, 0.05) is 26.1 Å². The summed E-state index contributed by atoms with van der Waals surface area (Å²) in [5, 5.41) is 16.2. The number of anilines is 1. The number of nitrogens with one attached hydrogen (secondary N) is 1. The van der Waals surface area contributed by atoms with E-state index in [4.69, 9.17) is 0 Å². The highest BCUT2D eigenvalue weighted by atomic mass is 19.1. The van der Waals surface area contributed by atoms with E-state index in [0.717, 1.165) is 5.56 Å². The summed E-state index contributed by atoms with van der Waals surface area (Å²) in [5.41, 5.74) is 1.77. The molecular formula is C19H17FN6O. The minimum atomic E-state index is -0.994. The number of nitriles is 1. The van der Waals surface area contributed by atoms with Crippen molar-refractivity contribution in [3.05, 3.63) is 59.4 Å². The number of hydrogen-bond acceptors (Lipinski definition) is 5. The zero-order chi connectivity index (χ0) is 19.0. The van der Waals surface area contributed by atoms with Crippen LogP contribution in [0.3, 0.4) is 0 Å². The Bertz CT molecular complexity index is 1040. The molecule has 2 atom stereocenters. The summed E-state index contributed by atoms with van der Waals surface area (Å²) in [4.78, 5) is 18.6. The number of amides is 1. The molecular weight excluding hydrogens is 347 g/mol. The molecule has 8 heteroatoms. The first-order valence-corrected chi connectivity index (χ1v) is 8.55. The standard InChI is InChI=1S/C19H17FN6O/c1-25(11-12-5-3-2-4-6-12)17-7-13(9-21)23-18-14(10-22-26(17)18)19(27)24-16-8-15(16)20/h2-7,10,15-16H,8,11H2,1H3,(H,24,27)/t15-,16+/m0/s1. The van der Waals surface area contributed by atoms with E-state index in [1.54, 1.807) is 6.07 Å². The summed E-state index contributed by atoms with van der Waals surface area (Å²) in [5.74, 6) is 0.198. The quantitative estimate of drug-likeness (QED) is 0.749. The second-order valence-corrected chi connectivity index (χ2v) is 6.58. The van der Waals surface area contributed by atoms with Crippen LogP contribution in [-0.4, -0.2) is 39.8 Å². The zero-order valence-electron chi connectivity index (χ0n) is 14.6. The third kappa shape index (κ3) is 3.31. The van der Waals surface area contributed by atoms with Crippen LogP contribution < -0.4 is 10.2 Å². The second-order valence-electron chi connectivity index (χ2n) is 6.58. The molecule has 0 bridgehead atoms. The average molecular weight is 364 g/mol. The van der Waals surface area contributed by atoms with Gasteiger partial charge in [0.1, 0.15) is 29.3 Å². The summed E-state index contributed by atoms with van der Waals surface area (Å²) in [7, 11) is 1.88. The fourth-order valence-corrected chi connectivity index (χ4v) is 2.93. The van der Waals surface area contributed by atoms with Gasteiger partial charge in [0.15, 0.2) is 5.65 Å². The summed E-state index contributed by atoms with van der Waals surface area (Å²) < 4.78 is 14.6. The van der Waals surface area contributed by atoms with Crippen LogP contribution in [0.1, 0.15) is 28.0 Å². The van der Waals surface area contributed by atoms with Crippen LogP contribution in [0.25, 0.3) is 5.65 Å². The molecule has 4 rings (SSSR count). The monoisotopic (exact) mass is 364 g/mol.